The molecule has 1 aliphatic heterocycles. The van der Waals surface area contributed by atoms with Crippen molar-refractivity contribution >= 4 is 29.0 Å². The molecule has 134 valence electrons. The number of carbonyl (C=O) groups is 2. The Morgan fingerprint density at radius 1 is 1.08 bits per heavy atom. The van der Waals surface area contributed by atoms with Crippen LogP contribution in [0, 0.1) is 6.92 Å². The van der Waals surface area contributed by atoms with Crippen molar-refractivity contribution in [3.8, 4) is 5.75 Å². The molecule has 0 spiro atoms. The van der Waals surface area contributed by atoms with E-state index in [9.17, 15) is 9.59 Å². The molecule has 2 aromatic rings. The molecule has 1 heterocycles. The molecule has 0 aliphatic carbocycles. The van der Waals surface area contributed by atoms with Crippen molar-refractivity contribution in [1.82, 2.24) is 4.90 Å². The van der Waals surface area contributed by atoms with Gasteiger partial charge in [-0.05, 0) is 50.2 Å². The van der Waals surface area contributed by atoms with Crippen LogP contribution in [0.1, 0.15) is 30.5 Å². The standard InChI is InChI=1S/C21H21NO3S/c1-14(2)22-20(23)19(26-21(22)24)12-17-6-4-5-7-18(17)25-13-16-10-8-15(3)9-11-16/h4-12,14H,13H2,1-3H3/b19-12-. The summed E-state index contributed by atoms with van der Waals surface area (Å²) in [6, 6.07) is 15.5. The summed E-state index contributed by atoms with van der Waals surface area (Å²) < 4.78 is 5.95. The van der Waals surface area contributed by atoms with E-state index in [-0.39, 0.29) is 17.2 Å². The third-order valence-electron chi connectivity index (χ3n) is 4.06. The molecule has 1 saturated heterocycles. The highest BCUT2D eigenvalue weighted by molar-refractivity contribution is 8.18. The highest BCUT2D eigenvalue weighted by Gasteiger charge is 2.36. The Morgan fingerprint density at radius 2 is 1.77 bits per heavy atom. The van der Waals surface area contributed by atoms with E-state index in [1.54, 1.807) is 6.08 Å². The first kappa shape index (κ1) is 18.3. The highest BCUT2D eigenvalue weighted by atomic mass is 32.2. The number of amides is 2. The number of benzene rings is 2. The number of thioether (sulfide) groups is 1. The van der Waals surface area contributed by atoms with Crippen molar-refractivity contribution in [2.45, 2.75) is 33.4 Å². The lowest BCUT2D eigenvalue weighted by molar-refractivity contribution is -0.123. The molecular formula is C21H21NO3S. The molecule has 2 aromatic carbocycles. The summed E-state index contributed by atoms with van der Waals surface area (Å²) in [5, 5.41) is -0.227. The van der Waals surface area contributed by atoms with Gasteiger partial charge in [0, 0.05) is 11.6 Å². The van der Waals surface area contributed by atoms with Gasteiger partial charge < -0.3 is 4.74 Å². The average molecular weight is 367 g/mol. The van der Waals surface area contributed by atoms with E-state index < -0.39 is 0 Å². The smallest absolute Gasteiger partial charge is 0.293 e. The van der Waals surface area contributed by atoms with Crippen LogP contribution in [0.3, 0.4) is 0 Å². The largest absolute Gasteiger partial charge is 0.488 e. The Bertz CT molecular complexity index is 856. The maximum atomic E-state index is 12.5. The van der Waals surface area contributed by atoms with Gasteiger partial charge in [0.05, 0.1) is 4.91 Å². The van der Waals surface area contributed by atoms with Gasteiger partial charge in [0.15, 0.2) is 0 Å². The number of hydrogen-bond acceptors (Lipinski definition) is 4. The number of para-hydroxylation sites is 1. The molecular weight excluding hydrogens is 346 g/mol. The number of ether oxygens (including phenoxy) is 1. The summed E-state index contributed by atoms with van der Waals surface area (Å²) in [5.74, 6) is 0.438. The minimum absolute atomic E-state index is 0.151. The Labute approximate surface area is 157 Å². The van der Waals surface area contributed by atoms with Gasteiger partial charge in [-0.25, -0.2) is 0 Å². The topological polar surface area (TPSA) is 46.6 Å². The molecule has 1 fully saturated rings. The number of aryl methyl sites for hydroxylation is 1. The summed E-state index contributed by atoms with van der Waals surface area (Å²) in [4.78, 5) is 26.2. The molecule has 0 bridgehead atoms. The van der Waals surface area contributed by atoms with E-state index in [1.807, 2.05) is 69.3 Å². The van der Waals surface area contributed by atoms with Crippen LogP contribution in [0.5, 0.6) is 5.75 Å². The molecule has 4 nitrogen and oxygen atoms in total. The first-order valence-corrected chi connectivity index (χ1v) is 9.32. The van der Waals surface area contributed by atoms with Crippen LogP contribution in [0.15, 0.2) is 53.4 Å². The quantitative estimate of drug-likeness (QED) is 0.696. The van der Waals surface area contributed by atoms with Gasteiger partial charge in [-0.15, -0.1) is 0 Å². The third-order valence-corrected chi connectivity index (χ3v) is 4.94. The maximum absolute atomic E-state index is 12.5. The fourth-order valence-corrected chi connectivity index (χ4v) is 3.59. The lowest BCUT2D eigenvalue weighted by Gasteiger charge is -2.16. The average Bonchev–Trinajstić information content (AvgIpc) is 2.89. The van der Waals surface area contributed by atoms with Gasteiger partial charge in [-0.3, -0.25) is 14.5 Å². The third kappa shape index (κ3) is 3.99. The molecule has 0 aromatic heterocycles. The van der Waals surface area contributed by atoms with Gasteiger partial charge in [-0.2, -0.15) is 0 Å². The van der Waals surface area contributed by atoms with Crippen molar-refractivity contribution in [2.75, 3.05) is 0 Å². The lowest BCUT2D eigenvalue weighted by atomic mass is 10.1. The van der Waals surface area contributed by atoms with Crippen LogP contribution in [0.2, 0.25) is 0 Å². The Kier molecular flexibility index (Phi) is 5.47. The van der Waals surface area contributed by atoms with E-state index in [0.29, 0.717) is 17.3 Å². The molecule has 0 saturated carbocycles. The van der Waals surface area contributed by atoms with E-state index in [0.717, 1.165) is 22.9 Å². The SMILES string of the molecule is Cc1ccc(COc2ccccc2/C=C2\SC(=O)N(C(C)C)C2=O)cc1. The summed E-state index contributed by atoms with van der Waals surface area (Å²) in [5.41, 5.74) is 3.06. The first-order chi connectivity index (χ1) is 12.5. The van der Waals surface area contributed by atoms with Gasteiger partial charge in [0.1, 0.15) is 12.4 Å². The maximum Gasteiger partial charge on any atom is 0.293 e. The van der Waals surface area contributed by atoms with Gasteiger partial charge >= 0.3 is 0 Å². The van der Waals surface area contributed by atoms with Crippen molar-refractivity contribution in [2.24, 2.45) is 0 Å². The normalized spacial score (nSPS) is 16.0. The zero-order chi connectivity index (χ0) is 18.7. The molecule has 0 radical (unpaired) electrons. The predicted molar refractivity (Wildman–Crippen MR) is 105 cm³/mol. The van der Waals surface area contributed by atoms with Crippen LogP contribution < -0.4 is 4.74 Å². The molecule has 0 unspecified atom stereocenters. The zero-order valence-corrected chi connectivity index (χ0v) is 15.9. The first-order valence-electron chi connectivity index (χ1n) is 8.50. The molecule has 1 aliphatic rings. The number of carbonyl (C=O) groups excluding carboxylic acids is 2. The van der Waals surface area contributed by atoms with Crippen LogP contribution >= 0.6 is 11.8 Å². The van der Waals surface area contributed by atoms with Gasteiger partial charge in [0.2, 0.25) is 0 Å². The zero-order valence-electron chi connectivity index (χ0n) is 15.1. The van der Waals surface area contributed by atoms with E-state index >= 15 is 0 Å². The molecule has 26 heavy (non-hydrogen) atoms. The number of nitrogens with zero attached hydrogens (tertiary/aromatic N) is 1. The van der Waals surface area contributed by atoms with Crippen molar-refractivity contribution in [3.63, 3.8) is 0 Å². The predicted octanol–water partition coefficient (Wildman–Crippen LogP) is 5.02. The number of hydrogen-bond donors (Lipinski definition) is 0. The summed E-state index contributed by atoms with van der Waals surface area (Å²) in [6.45, 7) is 6.15. The summed E-state index contributed by atoms with van der Waals surface area (Å²) >= 11 is 0.973. The van der Waals surface area contributed by atoms with Crippen LogP contribution in [0.25, 0.3) is 6.08 Å². The van der Waals surface area contributed by atoms with E-state index in [1.165, 1.54) is 10.5 Å². The molecule has 0 atom stereocenters. The summed E-state index contributed by atoms with van der Waals surface area (Å²) in [6.07, 6.45) is 1.73. The monoisotopic (exact) mass is 367 g/mol. The van der Waals surface area contributed by atoms with E-state index in [2.05, 4.69) is 0 Å². The van der Waals surface area contributed by atoms with Crippen molar-refractivity contribution in [3.05, 3.63) is 70.1 Å². The number of imide groups is 1. The second kappa shape index (κ2) is 7.79. The van der Waals surface area contributed by atoms with Crippen LogP contribution in [-0.4, -0.2) is 22.1 Å². The second-order valence-electron chi connectivity index (χ2n) is 6.46. The minimum atomic E-state index is -0.247. The highest BCUT2D eigenvalue weighted by Crippen LogP contribution is 2.35. The fraction of sp³-hybridized carbons (Fsp3) is 0.238. The Balaban J connectivity index is 1.80. The Hall–Kier alpha value is -2.53. The molecule has 0 N–H and O–H groups in total. The van der Waals surface area contributed by atoms with Crippen LogP contribution in [-0.2, 0) is 11.4 Å². The van der Waals surface area contributed by atoms with Gasteiger partial charge in [0.25, 0.3) is 11.1 Å². The fourth-order valence-electron chi connectivity index (χ4n) is 2.64. The second-order valence-corrected chi connectivity index (χ2v) is 7.45. The van der Waals surface area contributed by atoms with Crippen molar-refractivity contribution in [1.29, 1.82) is 0 Å². The molecule has 5 heteroatoms. The van der Waals surface area contributed by atoms with Crippen molar-refractivity contribution < 1.29 is 14.3 Å². The molecule has 2 amide bonds. The number of rotatable bonds is 5. The molecule has 3 rings (SSSR count). The van der Waals surface area contributed by atoms with E-state index in [4.69, 9.17) is 4.74 Å². The van der Waals surface area contributed by atoms with Crippen LogP contribution in [0.4, 0.5) is 4.79 Å². The minimum Gasteiger partial charge on any atom is -0.488 e. The lowest BCUT2D eigenvalue weighted by Crippen LogP contribution is -2.34. The summed E-state index contributed by atoms with van der Waals surface area (Å²) in [7, 11) is 0. The van der Waals surface area contributed by atoms with Gasteiger partial charge in [-0.1, -0.05) is 48.0 Å². The Morgan fingerprint density at radius 3 is 2.42 bits per heavy atom.